The van der Waals surface area contributed by atoms with E-state index in [9.17, 15) is 4.79 Å². The maximum atomic E-state index is 13.0. The fraction of sp³-hybridized carbons (Fsp3) is 0.333. The summed E-state index contributed by atoms with van der Waals surface area (Å²) in [5.41, 5.74) is 2.46. The molecule has 3 aromatic rings. The van der Waals surface area contributed by atoms with Gasteiger partial charge in [0.1, 0.15) is 5.82 Å². The summed E-state index contributed by atoms with van der Waals surface area (Å²) in [5, 5.41) is 4.87. The Labute approximate surface area is 170 Å². The van der Waals surface area contributed by atoms with Crippen molar-refractivity contribution < 1.29 is 0 Å². The molecular weight excluding hydrogens is 426 g/mol. The van der Waals surface area contributed by atoms with Crippen molar-refractivity contribution in [3.63, 3.8) is 0 Å². The maximum Gasteiger partial charge on any atom is 0.354 e. The molecule has 2 aliphatic carbocycles. The zero-order valence-electron chi connectivity index (χ0n) is 14.7. The van der Waals surface area contributed by atoms with Gasteiger partial charge in [-0.05, 0) is 67.3 Å². The summed E-state index contributed by atoms with van der Waals surface area (Å²) >= 11 is 10.1. The van der Waals surface area contributed by atoms with Crippen molar-refractivity contribution in [1.29, 1.82) is 0 Å². The predicted octanol–water partition coefficient (Wildman–Crippen LogP) is 5.50. The normalized spacial score (nSPS) is 16.7. The summed E-state index contributed by atoms with van der Waals surface area (Å²) in [5.74, 6) is 1.92. The van der Waals surface area contributed by atoms with Crippen molar-refractivity contribution >= 4 is 44.3 Å². The highest BCUT2D eigenvalue weighted by Gasteiger charge is 2.28. The van der Waals surface area contributed by atoms with E-state index in [-0.39, 0.29) is 5.69 Å². The Balaban J connectivity index is 1.76. The molecule has 0 amide bonds. The van der Waals surface area contributed by atoms with Crippen LogP contribution in [0.5, 0.6) is 0 Å². The molecule has 0 saturated heterocycles. The molecular formula is C21H19BrClN3O. The molecule has 27 heavy (non-hydrogen) atoms. The fourth-order valence-corrected chi connectivity index (χ4v) is 4.42. The van der Waals surface area contributed by atoms with E-state index in [4.69, 9.17) is 11.6 Å². The van der Waals surface area contributed by atoms with Crippen molar-refractivity contribution in [2.75, 3.05) is 11.9 Å². The van der Waals surface area contributed by atoms with Gasteiger partial charge in [-0.25, -0.2) is 4.79 Å². The molecule has 2 aliphatic rings. The fourth-order valence-electron chi connectivity index (χ4n) is 3.53. The molecule has 2 aromatic carbocycles. The Morgan fingerprint density at radius 3 is 2.67 bits per heavy atom. The number of aromatic nitrogens is 2. The lowest BCUT2D eigenvalue weighted by atomic mass is 10.1. The number of benzene rings is 2. The number of rotatable bonds is 5. The first-order valence-electron chi connectivity index (χ1n) is 9.37. The van der Waals surface area contributed by atoms with Crippen LogP contribution < -0.4 is 11.0 Å². The predicted molar refractivity (Wildman–Crippen MR) is 113 cm³/mol. The maximum absolute atomic E-state index is 13.0. The van der Waals surface area contributed by atoms with E-state index in [1.165, 1.54) is 31.2 Å². The molecule has 6 heteroatoms. The Bertz CT molecular complexity index is 1100. The van der Waals surface area contributed by atoms with E-state index in [1.807, 2.05) is 18.2 Å². The number of halogens is 2. The van der Waals surface area contributed by atoms with E-state index in [0.717, 1.165) is 21.9 Å². The number of para-hydroxylation sites is 1. The molecule has 0 radical (unpaired) electrons. The van der Waals surface area contributed by atoms with E-state index in [0.29, 0.717) is 28.4 Å². The first-order valence-corrected chi connectivity index (χ1v) is 10.5. The summed E-state index contributed by atoms with van der Waals surface area (Å²) < 4.78 is 2.72. The minimum absolute atomic E-state index is 0.307. The number of hydrogen-bond acceptors (Lipinski definition) is 3. The molecule has 0 aliphatic heterocycles. The van der Waals surface area contributed by atoms with Crippen LogP contribution in [0, 0.1) is 5.92 Å². The van der Waals surface area contributed by atoms with Gasteiger partial charge in [0, 0.05) is 16.4 Å². The molecule has 2 fully saturated rings. The summed E-state index contributed by atoms with van der Waals surface area (Å²) in [6, 6.07) is 11.6. The third kappa shape index (κ3) is 3.27. The molecule has 4 nitrogen and oxygen atoms in total. The lowest BCUT2D eigenvalue weighted by Crippen LogP contribution is -2.24. The van der Waals surface area contributed by atoms with Gasteiger partial charge in [-0.2, -0.15) is 4.98 Å². The average molecular weight is 445 g/mol. The highest BCUT2D eigenvalue weighted by Crippen LogP contribution is 2.45. The largest absolute Gasteiger partial charge is 0.369 e. The Morgan fingerprint density at radius 1 is 1.19 bits per heavy atom. The Hall–Kier alpha value is -1.85. The van der Waals surface area contributed by atoms with Gasteiger partial charge >= 0.3 is 5.69 Å². The molecule has 2 saturated carbocycles. The van der Waals surface area contributed by atoms with Crippen molar-refractivity contribution in [3.8, 4) is 5.69 Å². The van der Waals surface area contributed by atoms with Crippen LogP contribution >= 0.6 is 27.5 Å². The molecule has 0 spiro atoms. The first kappa shape index (κ1) is 17.3. The summed E-state index contributed by atoms with van der Waals surface area (Å²) in [6.07, 6.45) is 4.88. The lowest BCUT2D eigenvalue weighted by molar-refractivity contribution is 0.874. The van der Waals surface area contributed by atoms with Crippen LogP contribution in [0.15, 0.2) is 45.7 Å². The molecule has 0 unspecified atom stereocenters. The van der Waals surface area contributed by atoms with Gasteiger partial charge in [-0.1, -0.05) is 39.7 Å². The molecule has 1 heterocycles. The third-order valence-corrected chi connectivity index (χ3v) is 6.38. The van der Waals surface area contributed by atoms with Crippen LogP contribution in [-0.4, -0.2) is 16.1 Å². The summed E-state index contributed by atoms with van der Waals surface area (Å²) in [7, 11) is 0. The van der Waals surface area contributed by atoms with Crippen LogP contribution in [0.1, 0.15) is 37.2 Å². The zero-order chi connectivity index (χ0) is 18.5. The van der Waals surface area contributed by atoms with E-state index in [1.54, 1.807) is 10.6 Å². The number of anilines is 1. The van der Waals surface area contributed by atoms with Crippen molar-refractivity contribution in [2.45, 2.75) is 31.6 Å². The van der Waals surface area contributed by atoms with Crippen LogP contribution in [0.2, 0.25) is 5.02 Å². The van der Waals surface area contributed by atoms with Gasteiger partial charge in [0.2, 0.25) is 0 Å². The van der Waals surface area contributed by atoms with Crippen molar-refractivity contribution in [2.24, 2.45) is 5.92 Å². The molecule has 1 aromatic heterocycles. The first-order chi connectivity index (χ1) is 13.1. The van der Waals surface area contributed by atoms with E-state index in [2.05, 4.69) is 38.4 Å². The van der Waals surface area contributed by atoms with Gasteiger partial charge in [-0.3, -0.25) is 4.57 Å². The number of nitrogens with zero attached hydrogens (tertiary/aromatic N) is 2. The molecule has 0 bridgehead atoms. The van der Waals surface area contributed by atoms with Crippen molar-refractivity contribution in [1.82, 2.24) is 9.55 Å². The van der Waals surface area contributed by atoms with Crippen molar-refractivity contribution in [3.05, 3.63) is 61.9 Å². The number of nitrogens with one attached hydrogen (secondary N) is 1. The minimum atomic E-state index is -0.307. The summed E-state index contributed by atoms with van der Waals surface area (Å²) in [6.45, 7) is 0.861. The SMILES string of the molecule is O=c1nc(NCC2CC2)c2cc(Br)c(C3CC3)cc2n1-c1ccccc1Cl. The van der Waals surface area contributed by atoms with Crippen LogP contribution in [-0.2, 0) is 0 Å². The van der Waals surface area contributed by atoms with Gasteiger partial charge in [0.05, 0.1) is 16.2 Å². The smallest absolute Gasteiger partial charge is 0.354 e. The molecule has 5 rings (SSSR count). The summed E-state index contributed by atoms with van der Waals surface area (Å²) in [4.78, 5) is 17.4. The second kappa shape index (κ2) is 6.64. The topological polar surface area (TPSA) is 46.9 Å². The monoisotopic (exact) mass is 443 g/mol. The molecule has 0 atom stereocenters. The van der Waals surface area contributed by atoms with Gasteiger partial charge in [0.15, 0.2) is 0 Å². The van der Waals surface area contributed by atoms with Crippen LogP contribution in [0.4, 0.5) is 5.82 Å². The lowest BCUT2D eigenvalue weighted by Gasteiger charge is -2.16. The van der Waals surface area contributed by atoms with Gasteiger partial charge in [-0.15, -0.1) is 0 Å². The molecule has 138 valence electrons. The third-order valence-electron chi connectivity index (χ3n) is 5.38. The van der Waals surface area contributed by atoms with E-state index < -0.39 is 0 Å². The number of fused-ring (bicyclic) bond motifs is 1. The van der Waals surface area contributed by atoms with Crippen LogP contribution in [0.3, 0.4) is 0 Å². The second-order valence-corrected chi connectivity index (χ2v) is 8.78. The Kier molecular flexibility index (Phi) is 4.25. The average Bonchev–Trinajstić information content (AvgIpc) is 3.54. The van der Waals surface area contributed by atoms with Gasteiger partial charge < -0.3 is 5.32 Å². The van der Waals surface area contributed by atoms with Gasteiger partial charge in [0.25, 0.3) is 0 Å². The van der Waals surface area contributed by atoms with Crippen LogP contribution in [0.25, 0.3) is 16.6 Å². The van der Waals surface area contributed by atoms with E-state index >= 15 is 0 Å². The highest BCUT2D eigenvalue weighted by atomic mass is 79.9. The number of hydrogen-bond donors (Lipinski definition) is 1. The Morgan fingerprint density at radius 2 is 1.96 bits per heavy atom. The minimum Gasteiger partial charge on any atom is -0.369 e. The highest BCUT2D eigenvalue weighted by molar-refractivity contribution is 9.10. The molecule has 1 N–H and O–H groups in total. The quantitative estimate of drug-likeness (QED) is 0.565. The standard InChI is InChI=1S/C21H19BrClN3O/c22-16-9-15-19(10-14(16)13-7-8-13)26(18-4-2-1-3-17(18)23)21(27)25-20(15)24-11-12-5-6-12/h1-4,9-10,12-13H,5-8,11H2,(H,24,25,27). The zero-order valence-corrected chi connectivity index (χ0v) is 17.1. The second-order valence-electron chi connectivity index (χ2n) is 7.52.